The molecule has 2 N–H and O–H groups in total. The zero-order valence-electron chi connectivity index (χ0n) is 13.4. The quantitative estimate of drug-likeness (QED) is 0.822. The largest absolute Gasteiger partial charge is 0.467 e. The van der Waals surface area contributed by atoms with Crippen molar-refractivity contribution in [2.75, 3.05) is 44.4 Å². The molecule has 1 aromatic rings. The van der Waals surface area contributed by atoms with Gasteiger partial charge in [-0.15, -0.1) is 0 Å². The van der Waals surface area contributed by atoms with E-state index in [0.717, 1.165) is 32.5 Å². The molecule has 21 heavy (non-hydrogen) atoms. The highest BCUT2D eigenvalue weighted by molar-refractivity contribution is 5.36. The monoisotopic (exact) mass is 294 g/mol. The Morgan fingerprint density at radius 3 is 2.71 bits per heavy atom. The minimum atomic E-state index is 0.340. The van der Waals surface area contributed by atoms with Crippen LogP contribution in [0.1, 0.15) is 26.7 Å². The highest BCUT2D eigenvalue weighted by Crippen LogP contribution is 2.20. The van der Waals surface area contributed by atoms with Gasteiger partial charge in [0.2, 0.25) is 11.9 Å². The molecule has 1 aromatic heterocycles. The van der Waals surface area contributed by atoms with Crippen LogP contribution >= 0.6 is 0 Å². The van der Waals surface area contributed by atoms with E-state index in [4.69, 9.17) is 4.74 Å². The number of anilines is 2. The van der Waals surface area contributed by atoms with Crippen molar-refractivity contribution in [1.29, 1.82) is 0 Å². The Morgan fingerprint density at radius 2 is 2.05 bits per heavy atom. The zero-order valence-corrected chi connectivity index (χ0v) is 13.4. The number of aromatic nitrogens is 3. The molecular formula is C14H26N6O. The molecule has 0 aromatic carbocycles. The number of hydrogen-bond donors (Lipinski definition) is 2. The van der Waals surface area contributed by atoms with Crippen molar-refractivity contribution < 1.29 is 4.74 Å². The third kappa shape index (κ3) is 4.42. The van der Waals surface area contributed by atoms with Crippen molar-refractivity contribution in [3.05, 3.63) is 0 Å². The van der Waals surface area contributed by atoms with E-state index in [9.17, 15) is 0 Å². The second-order valence-corrected chi connectivity index (χ2v) is 5.68. The molecule has 0 saturated carbocycles. The molecule has 1 aliphatic rings. The fourth-order valence-corrected chi connectivity index (χ4v) is 2.56. The standard InChI is InChI=1S/C14H26N6O/c1-5-7-15-12-17-13(19-14(18-12)21-4)16-11-6-8-20(3)9-10(11)2/h10-11H,5-9H2,1-4H3,(H2,15,16,17,18,19). The van der Waals surface area contributed by atoms with Gasteiger partial charge in [-0.05, 0) is 32.4 Å². The summed E-state index contributed by atoms with van der Waals surface area (Å²) < 4.78 is 5.16. The van der Waals surface area contributed by atoms with Crippen LogP contribution in [0.2, 0.25) is 0 Å². The first-order valence-corrected chi connectivity index (χ1v) is 7.61. The number of methoxy groups -OCH3 is 1. The van der Waals surface area contributed by atoms with Crippen LogP contribution < -0.4 is 15.4 Å². The molecule has 1 saturated heterocycles. The molecule has 1 fully saturated rings. The average Bonchev–Trinajstić information content (AvgIpc) is 2.48. The Labute approximate surface area is 126 Å². The molecule has 1 aliphatic heterocycles. The van der Waals surface area contributed by atoms with E-state index < -0.39 is 0 Å². The van der Waals surface area contributed by atoms with Crippen LogP contribution in [0.25, 0.3) is 0 Å². The zero-order chi connectivity index (χ0) is 15.2. The molecule has 0 spiro atoms. The molecule has 118 valence electrons. The Balaban J connectivity index is 2.07. The Kier molecular flexibility index (Phi) is 5.55. The van der Waals surface area contributed by atoms with Gasteiger partial charge in [-0.3, -0.25) is 0 Å². The lowest BCUT2D eigenvalue weighted by Crippen LogP contribution is -2.43. The Hall–Kier alpha value is -1.63. The number of rotatable bonds is 6. The lowest BCUT2D eigenvalue weighted by Gasteiger charge is -2.35. The van der Waals surface area contributed by atoms with Gasteiger partial charge in [0.1, 0.15) is 0 Å². The fourth-order valence-electron chi connectivity index (χ4n) is 2.56. The maximum atomic E-state index is 5.16. The maximum absolute atomic E-state index is 5.16. The topological polar surface area (TPSA) is 75.2 Å². The van der Waals surface area contributed by atoms with Crippen LogP contribution in [0, 0.1) is 5.92 Å². The molecule has 0 bridgehead atoms. The summed E-state index contributed by atoms with van der Waals surface area (Å²) in [6.45, 7) is 7.36. The second-order valence-electron chi connectivity index (χ2n) is 5.68. The number of nitrogens with one attached hydrogen (secondary N) is 2. The van der Waals surface area contributed by atoms with Crippen LogP contribution in [0.4, 0.5) is 11.9 Å². The average molecular weight is 294 g/mol. The third-order valence-electron chi connectivity index (χ3n) is 3.75. The highest BCUT2D eigenvalue weighted by atomic mass is 16.5. The lowest BCUT2D eigenvalue weighted by atomic mass is 9.94. The first-order valence-electron chi connectivity index (χ1n) is 7.61. The van der Waals surface area contributed by atoms with E-state index in [1.165, 1.54) is 0 Å². The Bertz CT molecular complexity index is 455. The minimum Gasteiger partial charge on any atom is -0.467 e. The Morgan fingerprint density at radius 1 is 1.29 bits per heavy atom. The molecule has 0 aliphatic carbocycles. The number of likely N-dealkylation sites (tertiary alicyclic amines) is 1. The molecule has 2 rings (SSSR count). The minimum absolute atomic E-state index is 0.340. The molecule has 0 radical (unpaired) electrons. The first-order chi connectivity index (χ1) is 10.1. The molecule has 2 heterocycles. The van der Waals surface area contributed by atoms with Crippen molar-refractivity contribution in [2.45, 2.75) is 32.7 Å². The van der Waals surface area contributed by atoms with Crippen molar-refractivity contribution >= 4 is 11.9 Å². The van der Waals surface area contributed by atoms with Gasteiger partial charge in [0.05, 0.1) is 7.11 Å². The SMILES string of the molecule is CCCNc1nc(NC2CCN(C)CC2C)nc(OC)n1. The molecule has 2 atom stereocenters. The van der Waals surface area contributed by atoms with Gasteiger partial charge in [0.25, 0.3) is 0 Å². The summed E-state index contributed by atoms with van der Waals surface area (Å²) in [6.07, 6.45) is 2.10. The summed E-state index contributed by atoms with van der Waals surface area (Å²) in [7, 11) is 3.73. The van der Waals surface area contributed by atoms with Gasteiger partial charge in [-0.2, -0.15) is 15.0 Å². The van der Waals surface area contributed by atoms with Gasteiger partial charge >= 0.3 is 6.01 Å². The van der Waals surface area contributed by atoms with Gasteiger partial charge in [0.15, 0.2) is 0 Å². The highest BCUT2D eigenvalue weighted by Gasteiger charge is 2.25. The summed E-state index contributed by atoms with van der Waals surface area (Å²) in [4.78, 5) is 15.3. The lowest BCUT2D eigenvalue weighted by molar-refractivity contribution is 0.205. The molecule has 7 heteroatoms. The van der Waals surface area contributed by atoms with E-state index in [-0.39, 0.29) is 0 Å². The second kappa shape index (κ2) is 7.40. The van der Waals surface area contributed by atoms with Crippen LogP contribution in [0.3, 0.4) is 0 Å². The number of hydrogen-bond acceptors (Lipinski definition) is 7. The van der Waals surface area contributed by atoms with Crippen molar-refractivity contribution in [3.63, 3.8) is 0 Å². The van der Waals surface area contributed by atoms with E-state index in [1.54, 1.807) is 7.11 Å². The predicted octanol–water partition coefficient (Wildman–Crippen LogP) is 1.45. The molecule has 2 unspecified atom stereocenters. The fraction of sp³-hybridized carbons (Fsp3) is 0.786. The summed E-state index contributed by atoms with van der Waals surface area (Å²) >= 11 is 0. The van der Waals surface area contributed by atoms with Crippen LogP contribution in [0.5, 0.6) is 6.01 Å². The number of ether oxygens (including phenoxy) is 1. The molecule has 7 nitrogen and oxygen atoms in total. The van der Waals surface area contributed by atoms with Gasteiger partial charge in [0, 0.05) is 19.1 Å². The van der Waals surface area contributed by atoms with E-state index in [2.05, 4.69) is 51.4 Å². The summed E-state index contributed by atoms with van der Waals surface area (Å²) in [5, 5.41) is 6.61. The predicted molar refractivity (Wildman–Crippen MR) is 83.8 cm³/mol. The van der Waals surface area contributed by atoms with Gasteiger partial charge < -0.3 is 20.3 Å². The summed E-state index contributed by atoms with van der Waals surface area (Å²) in [6, 6.07) is 0.721. The van der Waals surface area contributed by atoms with E-state index in [1.807, 2.05) is 0 Å². The van der Waals surface area contributed by atoms with Crippen molar-refractivity contribution in [2.24, 2.45) is 5.92 Å². The van der Waals surface area contributed by atoms with Crippen LogP contribution in [-0.4, -0.2) is 59.7 Å². The van der Waals surface area contributed by atoms with E-state index >= 15 is 0 Å². The van der Waals surface area contributed by atoms with Crippen LogP contribution in [0.15, 0.2) is 0 Å². The first kappa shape index (κ1) is 15.8. The van der Waals surface area contributed by atoms with Gasteiger partial charge in [-0.1, -0.05) is 13.8 Å². The number of piperidine rings is 1. The number of nitrogens with zero attached hydrogens (tertiary/aromatic N) is 4. The smallest absolute Gasteiger partial charge is 0.322 e. The molecular weight excluding hydrogens is 268 g/mol. The maximum Gasteiger partial charge on any atom is 0.322 e. The third-order valence-corrected chi connectivity index (χ3v) is 3.75. The summed E-state index contributed by atoms with van der Waals surface area (Å²) in [5.74, 6) is 1.70. The van der Waals surface area contributed by atoms with Crippen molar-refractivity contribution in [1.82, 2.24) is 19.9 Å². The normalized spacial score (nSPS) is 22.9. The van der Waals surface area contributed by atoms with Gasteiger partial charge in [-0.25, -0.2) is 0 Å². The van der Waals surface area contributed by atoms with E-state index in [0.29, 0.717) is 29.9 Å². The van der Waals surface area contributed by atoms with Crippen molar-refractivity contribution in [3.8, 4) is 6.01 Å². The van der Waals surface area contributed by atoms with Crippen LogP contribution in [-0.2, 0) is 0 Å². The molecule has 0 amide bonds. The summed E-state index contributed by atoms with van der Waals surface area (Å²) in [5.41, 5.74) is 0.